The number of carbonyl (C=O) groups is 2. The molecule has 0 aliphatic rings. The number of carbonyl (C=O) groups excluding carboxylic acids is 2. The molecule has 1 rings (SSSR count). The van der Waals surface area contributed by atoms with Gasteiger partial charge in [-0.3, -0.25) is 10.1 Å². The van der Waals surface area contributed by atoms with E-state index in [1.807, 2.05) is 0 Å². The van der Waals surface area contributed by atoms with Crippen molar-refractivity contribution in [3.05, 3.63) is 24.0 Å². The van der Waals surface area contributed by atoms with Gasteiger partial charge < -0.3 is 11.1 Å². The van der Waals surface area contributed by atoms with E-state index < -0.39 is 17.8 Å². The molecule has 0 heterocycles. The lowest BCUT2D eigenvalue weighted by molar-refractivity contribution is -0.117. The van der Waals surface area contributed by atoms with Crippen molar-refractivity contribution >= 4 is 29.4 Å². The van der Waals surface area contributed by atoms with Crippen LogP contribution in [0.3, 0.4) is 0 Å². The lowest BCUT2D eigenvalue weighted by Crippen LogP contribution is -2.40. The number of hydrogen-bond acceptors (Lipinski definition) is 4. The van der Waals surface area contributed by atoms with Gasteiger partial charge in [-0.15, -0.1) is 11.8 Å². The second kappa shape index (κ2) is 6.85. The predicted octanol–water partition coefficient (Wildman–Crippen LogP) is 1.35. The number of nitrogens with two attached hydrogens (primary N) is 1. The fraction of sp³-hybridized carbons (Fsp3) is 0.273. The van der Waals surface area contributed by atoms with Crippen molar-refractivity contribution in [2.75, 3.05) is 18.0 Å². The first-order chi connectivity index (χ1) is 8.52. The molecule has 4 N–H and O–H groups in total. The normalized spacial score (nSPS) is 9.89. The van der Waals surface area contributed by atoms with Crippen molar-refractivity contribution in [1.29, 1.82) is 0 Å². The zero-order valence-electron chi connectivity index (χ0n) is 9.83. The molecule has 0 radical (unpaired) electrons. The van der Waals surface area contributed by atoms with Crippen molar-refractivity contribution in [2.45, 2.75) is 11.8 Å². The van der Waals surface area contributed by atoms with Crippen LogP contribution in [0.2, 0.25) is 0 Å². The Kier molecular flexibility index (Phi) is 5.44. The number of nitrogen functional groups attached to an aromatic ring is 1. The summed E-state index contributed by atoms with van der Waals surface area (Å²) in [5, 5.41) is 4.57. The minimum atomic E-state index is -0.546. The quantitative estimate of drug-likeness (QED) is 0.570. The summed E-state index contributed by atoms with van der Waals surface area (Å²) < 4.78 is 12.9. The minimum Gasteiger partial charge on any atom is -0.398 e. The summed E-state index contributed by atoms with van der Waals surface area (Å²) in [6, 6.07) is 3.38. The van der Waals surface area contributed by atoms with Gasteiger partial charge in [-0.05, 0) is 25.1 Å². The lowest BCUT2D eigenvalue weighted by Gasteiger charge is -2.06. The monoisotopic (exact) mass is 271 g/mol. The third kappa shape index (κ3) is 4.62. The Labute approximate surface area is 108 Å². The maximum absolute atomic E-state index is 12.9. The van der Waals surface area contributed by atoms with E-state index in [0.29, 0.717) is 17.1 Å². The fourth-order valence-electron chi connectivity index (χ4n) is 1.14. The number of benzene rings is 1. The predicted molar refractivity (Wildman–Crippen MR) is 68.8 cm³/mol. The van der Waals surface area contributed by atoms with Gasteiger partial charge in [0.05, 0.1) is 5.75 Å². The van der Waals surface area contributed by atoms with Crippen LogP contribution in [0.25, 0.3) is 0 Å². The Morgan fingerprint density at radius 1 is 1.44 bits per heavy atom. The molecule has 0 bridgehead atoms. The largest absolute Gasteiger partial charge is 0.398 e. The summed E-state index contributed by atoms with van der Waals surface area (Å²) in [7, 11) is 0. The SMILES string of the molecule is CCNC(=O)NC(=O)CSc1cc(F)ccc1N. The number of amides is 3. The van der Waals surface area contributed by atoms with Gasteiger partial charge in [-0.2, -0.15) is 0 Å². The van der Waals surface area contributed by atoms with Crippen molar-refractivity contribution in [3.63, 3.8) is 0 Å². The molecule has 18 heavy (non-hydrogen) atoms. The zero-order valence-corrected chi connectivity index (χ0v) is 10.6. The minimum absolute atomic E-state index is 0.00914. The van der Waals surface area contributed by atoms with Crippen molar-refractivity contribution in [2.24, 2.45) is 0 Å². The molecular weight excluding hydrogens is 257 g/mol. The zero-order chi connectivity index (χ0) is 13.5. The van der Waals surface area contributed by atoms with E-state index in [9.17, 15) is 14.0 Å². The Hall–Kier alpha value is -1.76. The number of hydrogen-bond donors (Lipinski definition) is 3. The summed E-state index contributed by atoms with van der Waals surface area (Å²) in [6.07, 6.45) is 0. The van der Waals surface area contributed by atoms with E-state index in [1.165, 1.54) is 18.2 Å². The number of nitrogens with one attached hydrogen (secondary N) is 2. The van der Waals surface area contributed by atoms with Crippen LogP contribution in [0.4, 0.5) is 14.9 Å². The molecule has 0 aliphatic carbocycles. The molecule has 3 amide bonds. The highest BCUT2D eigenvalue weighted by atomic mass is 32.2. The third-order valence-electron chi connectivity index (χ3n) is 1.92. The number of imide groups is 1. The highest BCUT2D eigenvalue weighted by Crippen LogP contribution is 2.25. The topological polar surface area (TPSA) is 84.2 Å². The van der Waals surface area contributed by atoms with Gasteiger partial charge >= 0.3 is 6.03 Å². The van der Waals surface area contributed by atoms with Crippen LogP contribution >= 0.6 is 11.8 Å². The number of anilines is 1. The number of urea groups is 1. The standard InChI is InChI=1S/C11H14FN3O2S/c1-2-14-11(17)15-10(16)6-18-9-5-7(12)3-4-8(9)13/h3-5H,2,6,13H2,1H3,(H2,14,15,16,17). The molecule has 5 nitrogen and oxygen atoms in total. The lowest BCUT2D eigenvalue weighted by atomic mass is 10.3. The van der Waals surface area contributed by atoms with Crippen LogP contribution < -0.4 is 16.4 Å². The van der Waals surface area contributed by atoms with Gasteiger partial charge in [0.25, 0.3) is 0 Å². The molecule has 98 valence electrons. The van der Waals surface area contributed by atoms with Crippen molar-refractivity contribution < 1.29 is 14.0 Å². The molecular formula is C11H14FN3O2S. The summed E-state index contributed by atoms with van der Waals surface area (Å²) in [6.45, 7) is 2.18. The van der Waals surface area contributed by atoms with E-state index in [2.05, 4.69) is 10.6 Å². The van der Waals surface area contributed by atoms with E-state index in [-0.39, 0.29) is 5.75 Å². The highest BCUT2D eigenvalue weighted by molar-refractivity contribution is 8.00. The van der Waals surface area contributed by atoms with E-state index in [4.69, 9.17) is 5.73 Å². The average molecular weight is 271 g/mol. The first kappa shape index (κ1) is 14.3. The summed E-state index contributed by atoms with van der Waals surface area (Å²) in [5.74, 6) is -0.893. The first-order valence-corrected chi connectivity index (χ1v) is 6.27. The summed E-state index contributed by atoms with van der Waals surface area (Å²) in [5.41, 5.74) is 6.02. The molecule has 0 aromatic heterocycles. The van der Waals surface area contributed by atoms with Crippen LogP contribution in [-0.4, -0.2) is 24.2 Å². The summed E-state index contributed by atoms with van der Waals surface area (Å²) in [4.78, 5) is 22.9. The van der Waals surface area contributed by atoms with Gasteiger partial charge in [0.2, 0.25) is 5.91 Å². The molecule has 0 saturated carbocycles. The molecule has 1 aromatic rings. The van der Waals surface area contributed by atoms with Crippen LogP contribution in [0.5, 0.6) is 0 Å². The molecule has 0 atom stereocenters. The van der Waals surface area contributed by atoms with Crippen molar-refractivity contribution in [1.82, 2.24) is 10.6 Å². The van der Waals surface area contributed by atoms with E-state index in [0.717, 1.165) is 11.8 Å². The Bertz CT molecular complexity index is 454. The second-order valence-electron chi connectivity index (χ2n) is 3.38. The van der Waals surface area contributed by atoms with E-state index >= 15 is 0 Å². The smallest absolute Gasteiger partial charge is 0.321 e. The molecule has 0 unspecified atom stereocenters. The Balaban J connectivity index is 2.47. The van der Waals surface area contributed by atoms with Crippen LogP contribution in [0.15, 0.2) is 23.1 Å². The van der Waals surface area contributed by atoms with Crippen LogP contribution in [-0.2, 0) is 4.79 Å². The Morgan fingerprint density at radius 3 is 2.83 bits per heavy atom. The fourth-order valence-corrected chi connectivity index (χ4v) is 1.93. The van der Waals surface area contributed by atoms with Crippen LogP contribution in [0, 0.1) is 5.82 Å². The van der Waals surface area contributed by atoms with Gasteiger partial charge in [-0.25, -0.2) is 9.18 Å². The average Bonchev–Trinajstić information content (AvgIpc) is 2.30. The van der Waals surface area contributed by atoms with Gasteiger partial charge in [-0.1, -0.05) is 0 Å². The maximum Gasteiger partial charge on any atom is 0.321 e. The third-order valence-corrected chi connectivity index (χ3v) is 3.00. The molecule has 1 aromatic carbocycles. The first-order valence-electron chi connectivity index (χ1n) is 5.28. The maximum atomic E-state index is 12.9. The molecule has 0 saturated heterocycles. The van der Waals surface area contributed by atoms with Gasteiger partial charge in [0.15, 0.2) is 0 Å². The molecule has 0 fully saturated rings. The second-order valence-corrected chi connectivity index (χ2v) is 4.40. The van der Waals surface area contributed by atoms with E-state index in [1.54, 1.807) is 6.92 Å². The summed E-state index contributed by atoms with van der Waals surface area (Å²) >= 11 is 1.07. The number of halogens is 1. The molecule has 0 spiro atoms. The van der Waals surface area contributed by atoms with Gasteiger partial charge in [0, 0.05) is 17.1 Å². The molecule has 0 aliphatic heterocycles. The van der Waals surface area contributed by atoms with Gasteiger partial charge in [0.1, 0.15) is 5.82 Å². The highest BCUT2D eigenvalue weighted by Gasteiger charge is 2.09. The molecule has 7 heteroatoms. The van der Waals surface area contributed by atoms with Crippen LogP contribution in [0.1, 0.15) is 6.92 Å². The number of thioether (sulfide) groups is 1. The number of rotatable bonds is 4. The van der Waals surface area contributed by atoms with Crippen molar-refractivity contribution in [3.8, 4) is 0 Å². The Morgan fingerprint density at radius 2 is 2.17 bits per heavy atom.